The summed E-state index contributed by atoms with van der Waals surface area (Å²) in [6.45, 7) is 7.44. The van der Waals surface area contributed by atoms with Crippen LogP contribution in [0.1, 0.15) is 27.7 Å². The van der Waals surface area contributed by atoms with Crippen molar-refractivity contribution in [1.29, 1.82) is 0 Å². The van der Waals surface area contributed by atoms with Crippen molar-refractivity contribution in [3.05, 3.63) is 0 Å². The van der Waals surface area contributed by atoms with E-state index in [1.807, 2.05) is 13.8 Å². The monoisotopic (exact) mass is 253 g/mol. The Kier molecular flexibility index (Phi) is 6.94. The third kappa shape index (κ3) is 6.00. The molecule has 0 N–H and O–H groups in total. The maximum atomic E-state index is 11.3. The molecule has 0 spiro atoms. The van der Waals surface area contributed by atoms with Crippen LogP contribution in [0.4, 0.5) is 0 Å². The first-order valence-corrected chi connectivity index (χ1v) is 5.80. The first kappa shape index (κ1) is 14.7. The van der Waals surface area contributed by atoms with E-state index in [0.29, 0.717) is 5.88 Å². The zero-order valence-corrected chi connectivity index (χ0v) is 11.0. The summed E-state index contributed by atoms with van der Waals surface area (Å²) >= 11 is 11.4. The van der Waals surface area contributed by atoms with Gasteiger partial charge in [0.15, 0.2) is 0 Å². The van der Waals surface area contributed by atoms with E-state index >= 15 is 0 Å². The summed E-state index contributed by atoms with van der Waals surface area (Å²) in [6.07, 6.45) is -0.199. The van der Waals surface area contributed by atoms with Crippen LogP contribution in [0.3, 0.4) is 0 Å². The number of alkyl halides is 1. The van der Waals surface area contributed by atoms with E-state index < -0.39 is 5.97 Å². The molecule has 0 aliphatic heterocycles. The van der Waals surface area contributed by atoms with E-state index in [1.165, 1.54) is 0 Å². The molecule has 0 aliphatic rings. The van der Waals surface area contributed by atoms with Gasteiger partial charge in [0.05, 0.1) is 12.1 Å². The maximum Gasteiger partial charge on any atom is 0.368 e. The van der Waals surface area contributed by atoms with Crippen LogP contribution in [0.15, 0.2) is 4.99 Å². The van der Waals surface area contributed by atoms with E-state index in [2.05, 4.69) is 4.99 Å². The molecule has 0 aromatic carbocycles. The van der Waals surface area contributed by atoms with Crippen molar-refractivity contribution in [2.24, 2.45) is 10.9 Å². The first-order chi connectivity index (χ1) is 6.88. The highest BCUT2D eigenvalue weighted by molar-refractivity contribution is 6.82. The Bertz CT molecular complexity index is 240. The quantitative estimate of drug-likeness (QED) is 0.430. The molecular weight excluding hydrogens is 237 g/mol. The second-order valence-corrected chi connectivity index (χ2v) is 4.51. The number of esters is 1. The highest BCUT2D eigenvalue weighted by atomic mass is 35.5. The van der Waals surface area contributed by atoms with Gasteiger partial charge in [0.1, 0.15) is 0 Å². The molecule has 0 saturated heterocycles. The Morgan fingerprint density at radius 2 is 1.87 bits per heavy atom. The number of hydrogen-bond acceptors (Lipinski definition) is 3. The average Bonchev–Trinajstić information content (AvgIpc) is 2.11. The molecule has 0 rings (SSSR count). The van der Waals surface area contributed by atoms with Crippen molar-refractivity contribution < 1.29 is 9.53 Å². The summed E-state index contributed by atoms with van der Waals surface area (Å²) in [4.78, 5) is 15.3. The molecule has 3 nitrogen and oxygen atoms in total. The van der Waals surface area contributed by atoms with E-state index in [1.54, 1.807) is 13.8 Å². The Morgan fingerprint density at radius 3 is 2.20 bits per heavy atom. The van der Waals surface area contributed by atoms with Crippen molar-refractivity contribution in [3.8, 4) is 0 Å². The van der Waals surface area contributed by atoms with Crippen molar-refractivity contribution >= 4 is 34.3 Å². The van der Waals surface area contributed by atoms with Crippen LogP contribution in [0.25, 0.3) is 0 Å². The van der Waals surface area contributed by atoms with Gasteiger partial charge >= 0.3 is 5.97 Å². The summed E-state index contributed by atoms with van der Waals surface area (Å²) < 4.78 is 4.89. The second kappa shape index (κ2) is 7.07. The van der Waals surface area contributed by atoms with Gasteiger partial charge in [-0.15, -0.1) is 11.6 Å². The van der Waals surface area contributed by atoms with Crippen molar-refractivity contribution in [2.75, 3.05) is 5.88 Å². The molecule has 15 heavy (non-hydrogen) atoms. The van der Waals surface area contributed by atoms with Crippen LogP contribution in [0.2, 0.25) is 0 Å². The Balaban J connectivity index is 4.45. The van der Waals surface area contributed by atoms with E-state index in [-0.39, 0.29) is 23.2 Å². The Hall–Kier alpha value is -0.280. The molecule has 0 saturated carbocycles. The molecule has 0 unspecified atom stereocenters. The second-order valence-electron chi connectivity index (χ2n) is 3.84. The molecule has 0 fully saturated rings. The number of carbonyl (C=O) groups is 1. The lowest BCUT2D eigenvalue weighted by Gasteiger charge is -2.13. The molecular formula is C10H17Cl2NO2. The Labute approximate surface area is 101 Å². The number of nitrogens with zero attached hydrogens (tertiary/aromatic N) is 1. The van der Waals surface area contributed by atoms with Crippen LogP contribution < -0.4 is 0 Å². The van der Waals surface area contributed by atoms with Gasteiger partial charge in [-0.3, -0.25) is 4.99 Å². The van der Waals surface area contributed by atoms with Crippen LogP contribution >= 0.6 is 23.2 Å². The molecule has 1 atom stereocenters. The minimum Gasteiger partial charge on any atom is -0.458 e. The molecule has 5 heteroatoms. The predicted molar refractivity (Wildman–Crippen MR) is 63.9 cm³/mol. The summed E-state index contributed by atoms with van der Waals surface area (Å²) in [6, 6.07) is -0.154. The zero-order chi connectivity index (χ0) is 12.0. The van der Waals surface area contributed by atoms with Gasteiger partial charge in [0.25, 0.3) is 0 Å². The highest BCUT2D eigenvalue weighted by Gasteiger charge is 2.16. The molecule has 0 aromatic rings. The smallest absolute Gasteiger partial charge is 0.368 e. The molecule has 0 bridgehead atoms. The van der Waals surface area contributed by atoms with Gasteiger partial charge < -0.3 is 4.74 Å². The largest absolute Gasteiger partial charge is 0.458 e. The van der Waals surface area contributed by atoms with Crippen LogP contribution in [-0.4, -0.2) is 29.2 Å². The molecule has 0 aliphatic carbocycles. The van der Waals surface area contributed by atoms with Crippen LogP contribution in [0, 0.1) is 5.92 Å². The van der Waals surface area contributed by atoms with Gasteiger partial charge in [-0.1, -0.05) is 25.4 Å². The fourth-order valence-corrected chi connectivity index (χ4v) is 1.42. The summed E-state index contributed by atoms with van der Waals surface area (Å²) in [7, 11) is 0. The minimum atomic E-state index is -0.595. The fraction of sp³-hybridized carbons (Fsp3) is 0.800. The number of rotatable bonds is 5. The SMILES string of the molecule is CC(C)OC(=O)C(Cl)=N[C@H](CCl)C(C)C. The average molecular weight is 254 g/mol. The van der Waals surface area contributed by atoms with Gasteiger partial charge in [-0.25, -0.2) is 4.79 Å². The summed E-state index contributed by atoms with van der Waals surface area (Å²) in [5.74, 6) is -0.0198. The number of halogens is 2. The van der Waals surface area contributed by atoms with Crippen LogP contribution in [-0.2, 0) is 9.53 Å². The lowest BCUT2D eigenvalue weighted by Crippen LogP contribution is -2.22. The van der Waals surface area contributed by atoms with E-state index in [9.17, 15) is 4.79 Å². The standard InChI is InChI=1S/C10H17Cl2NO2/c1-6(2)8(5-11)13-9(12)10(14)15-7(3)4/h6-8H,5H2,1-4H3/t8-/m1/s1. The lowest BCUT2D eigenvalue weighted by molar-refractivity contribution is -0.138. The molecule has 88 valence electrons. The first-order valence-electron chi connectivity index (χ1n) is 4.88. The van der Waals surface area contributed by atoms with Crippen molar-refractivity contribution in [2.45, 2.75) is 39.8 Å². The summed E-state index contributed by atoms with van der Waals surface area (Å²) in [5, 5.41) is -0.136. The maximum absolute atomic E-state index is 11.3. The Morgan fingerprint density at radius 1 is 1.33 bits per heavy atom. The third-order valence-electron chi connectivity index (χ3n) is 1.72. The minimum absolute atomic E-state index is 0.136. The van der Waals surface area contributed by atoms with Gasteiger partial charge in [-0.05, 0) is 19.8 Å². The van der Waals surface area contributed by atoms with Gasteiger partial charge in [0, 0.05) is 5.88 Å². The topological polar surface area (TPSA) is 38.7 Å². The number of hydrogen-bond donors (Lipinski definition) is 0. The molecule has 0 heterocycles. The van der Waals surface area contributed by atoms with Crippen LogP contribution in [0.5, 0.6) is 0 Å². The zero-order valence-electron chi connectivity index (χ0n) is 9.46. The van der Waals surface area contributed by atoms with E-state index in [0.717, 1.165) is 0 Å². The van der Waals surface area contributed by atoms with Crippen molar-refractivity contribution in [1.82, 2.24) is 0 Å². The normalized spacial score (nSPS) is 14.5. The fourth-order valence-electron chi connectivity index (χ4n) is 0.823. The van der Waals surface area contributed by atoms with Gasteiger partial charge in [0.2, 0.25) is 5.17 Å². The number of ether oxygens (including phenoxy) is 1. The third-order valence-corrected chi connectivity index (χ3v) is 2.29. The number of carbonyl (C=O) groups excluding carboxylic acids is 1. The van der Waals surface area contributed by atoms with E-state index in [4.69, 9.17) is 27.9 Å². The molecule has 0 amide bonds. The molecule has 0 aromatic heterocycles. The molecule has 0 radical (unpaired) electrons. The summed E-state index contributed by atoms with van der Waals surface area (Å²) in [5.41, 5.74) is 0. The highest BCUT2D eigenvalue weighted by Crippen LogP contribution is 2.10. The predicted octanol–water partition coefficient (Wildman–Crippen LogP) is 2.84. The lowest BCUT2D eigenvalue weighted by atomic mass is 10.1. The number of aliphatic imine (C=N–C) groups is 1. The van der Waals surface area contributed by atoms with Gasteiger partial charge in [-0.2, -0.15) is 0 Å². The van der Waals surface area contributed by atoms with Crippen molar-refractivity contribution in [3.63, 3.8) is 0 Å².